The van der Waals surface area contributed by atoms with Gasteiger partial charge >= 0.3 is 6.18 Å². The third kappa shape index (κ3) is 3.56. The number of alkyl halides is 3. The summed E-state index contributed by atoms with van der Waals surface area (Å²) in [6.07, 6.45) is -3.72. The molecule has 0 spiro atoms. The van der Waals surface area contributed by atoms with Crippen LogP contribution in [-0.4, -0.2) is 52.7 Å². The number of halogens is 4. The number of anilines is 2. The molecule has 0 bridgehead atoms. The molecule has 0 aliphatic carbocycles. The fourth-order valence-electron chi connectivity index (χ4n) is 3.72. The Kier molecular flexibility index (Phi) is 4.97. The van der Waals surface area contributed by atoms with E-state index in [1.54, 1.807) is 11.8 Å². The Morgan fingerprint density at radius 3 is 2.76 bits per heavy atom. The van der Waals surface area contributed by atoms with Gasteiger partial charge in [0.05, 0.1) is 25.8 Å². The second-order valence-corrected chi connectivity index (χ2v) is 7.09. The normalized spacial score (nSPS) is 22.7. The van der Waals surface area contributed by atoms with Crippen LogP contribution in [0.15, 0.2) is 21.6 Å². The van der Waals surface area contributed by atoms with E-state index in [9.17, 15) is 22.4 Å². The van der Waals surface area contributed by atoms with Crippen LogP contribution < -0.4 is 15.4 Å². The lowest BCUT2D eigenvalue weighted by Crippen LogP contribution is -2.53. The molecule has 2 aromatic heterocycles. The van der Waals surface area contributed by atoms with Crippen molar-refractivity contribution in [1.82, 2.24) is 14.7 Å². The monoisotopic (exact) mass is 417 g/mol. The van der Waals surface area contributed by atoms with Gasteiger partial charge in [-0.15, -0.1) is 0 Å². The van der Waals surface area contributed by atoms with Crippen LogP contribution in [0.5, 0.6) is 0 Å². The molecule has 2 aromatic rings. The van der Waals surface area contributed by atoms with Gasteiger partial charge in [-0.1, -0.05) is 5.16 Å². The Bertz CT molecular complexity index is 930. The summed E-state index contributed by atoms with van der Waals surface area (Å²) >= 11 is 0. The van der Waals surface area contributed by atoms with E-state index in [-0.39, 0.29) is 43.1 Å². The summed E-state index contributed by atoms with van der Waals surface area (Å²) in [6, 6.07) is -0.732. The Hall–Kier alpha value is -2.63. The molecule has 2 atom stereocenters. The van der Waals surface area contributed by atoms with Crippen LogP contribution in [-0.2, 0) is 17.8 Å². The highest BCUT2D eigenvalue weighted by atomic mass is 19.4. The lowest BCUT2D eigenvalue weighted by molar-refractivity contribution is -0.153. The minimum Gasteiger partial charge on any atom is -0.377 e. The van der Waals surface area contributed by atoms with Crippen molar-refractivity contribution in [3.05, 3.63) is 34.2 Å². The number of fused-ring (bicyclic) bond motifs is 1. The molecule has 8 nitrogen and oxygen atoms in total. The first-order chi connectivity index (χ1) is 13.8. The van der Waals surface area contributed by atoms with E-state index in [2.05, 4.69) is 10.1 Å². The largest absolute Gasteiger partial charge is 0.408 e. The topological polar surface area (TPSA) is 76.6 Å². The average Bonchev–Trinajstić information content (AvgIpc) is 3.18. The molecule has 4 heterocycles. The molecular formula is C17H19F4N5O3. The summed E-state index contributed by atoms with van der Waals surface area (Å²) in [5.74, 6) is -1.57. The molecule has 0 unspecified atom stereocenters. The minimum absolute atomic E-state index is 0.235. The molecule has 4 rings (SSSR count). The number of hydrogen-bond acceptors (Lipinski definition) is 7. The van der Waals surface area contributed by atoms with Crippen LogP contribution in [0.2, 0.25) is 0 Å². The summed E-state index contributed by atoms with van der Waals surface area (Å²) < 4.78 is 66.9. The van der Waals surface area contributed by atoms with Gasteiger partial charge in [-0.25, -0.2) is 0 Å². The molecular weight excluding hydrogens is 398 g/mol. The molecule has 0 saturated carbocycles. The van der Waals surface area contributed by atoms with Gasteiger partial charge in [0.15, 0.2) is 5.82 Å². The van der Waals surface area contributed by atoms with Crippen molar-refractivity contribution in [3.8, 4) is 0 Å². The standard InChI is InChI=1S/C17H19F4N5O3/c1-10-9-28-7-5-24(10)14-13(18)15(27)25-4-2-12(17(19,20)21)26(16(25)22-14)8-11-3-6-29-23-11/h3,6,10,12H,2,4-5,7-9H2,1H3/t10-,12+/m1/s1. The van der Waals surface area contributed by atoms with E-state index in [0.717, 1.165) is 9.47 Å². The fraction of sp³-hybridized carbons (Fsp3) is 0.588. The summed E-state index contributed by atoms with van der Waals surface area (Å²) in [6.45, 7) is 2.08. The summed E-state index contributed by atoms with van der Waals surface area (Å²) in [5, 5.41) is 3.66. The molecule has 2 aliphatic heterocycles. The fourth-order valence-corrected chi connectivity index (χ4v) is 3.72. The number of nitrogens with zero attached hydrogens (tertiary/aromatic N) is 5. The Labute approximate surface area is 162 Å². The SMILES string of the molecule is C[C@@H]1COCCN1c1nc2n(c(=O)c1F)CC[C@@H](C(F)(F)F)N2Cc1ccon1. The predicted octanol–water partition coefficient (Wildman–Crippen LogP) is 1.94. The molecule has 0 aromatic carbocycles. The van der Waals surface area contributed by atoms with Crippen molar-refractivity contribution in [2.24, 2.45) is 0 Å². The van der Waals surface area contributed by atoms with Crippen molar-refractivity contribution in [3.63, 3.8) is 0 Å². The zero-order chi connectivity index (χ0) is 20.8. The molecule has 29 heavy (non-hydrogen) atoms. The molecule has 0 amide bonds. The summed E-state index contributed by atoms with van der Waals surface area (Å²) in [5.41, 5.74) is -0.748. The van der Waals surface area contributed by atoms with Crippen LogP contribution >= 0.6 is 0 Å². The third-order valence-electron chi connectivity index (χ3n) is 5.18. The van der Waals surface area contributed by atoms with Gasteiger partial charge in [-0.05, 0) is 13.3 Å². The van der Waals surface area contributed by atoms with Crippen molar-refractivity contribution < 1.29 is 26.8 Å². The molecule has 1 fully saturated rings. The quantitative estimate of drug-likeness (QED) is 0.707. The van der Waals surface area contributed by atoms with Gasteiger partial charge in [0, 0.05) is 19.2 Å². The van der Waals surface area contributed by atoms with Crippen LogP contribution in [0, 0.1) is 5.82 Å². The highest BCUT2D eigenvalue weighted by Gasteiger charge is 2.47. The number of morpholine rings is 1. The van der Waals surface area contributed by atoms with Gasteiger partial charge in [-0.3, -0.25) is 9.36 Å². The molecule has 0 radical (unpaired) electrons. The zero-order valence-corrected chi connectivity index (χ0v) is 15.5. The van der Waals surface area contributed by atoms with Crippen LogP contribution in [0.25, 0.3) is 0 Å². The van der Waals surface area contributed by atoms with E-state index in [0.29, 0.717) is 13.2 Å². The number of hydrogen-bond donors (Lipinski definition) is 0. The first-order valence-corrected chi connectivity index (χ1v) is 9.14. The highest BCUT2D eigenvalue weighted by Crippen LogP contribution is 2.35. The van der Waals surface area contributed by atoms with Crippen molar-refractivity contribution in [2.75, 3.05) is 29.6 Å². The van der Waals surface area contributed by atoms with Crippen molar-refractivity contribution in [1.29, 1.82) is 0 Å². The van der Waals surface area contributed by atoms with E-state index in [1.165, 1.54) is 12.3 Å². The lowest BCUT2D eigenvalue weighted by atomic mass is 10.1. The Balaban J connectivity index is 1.83. The number of ether oxygens (including phenoxy) is 1. The minimum atomic E-state index is -4.56. The molecule has 2 aliphatic rings. The van der Waals surface area contributed by atoms with E-state index in [1.807, 2.05) is 0 Å². The van der Waals surface area contributed by atoms with Crippen LogP contribution in [0.4, 0.5) is 29.3 Å². The zero-order valence-electron chi connectivity index (χ0n) is 15.5. The second kappa shape index (κ2) is 7.32. The lowest BCUT2D eigenvalue weighted by Gasteiger charge is -2.40. The van der Waals surface area contributed by atoms with Crippen LogP contribution in [0.1, 0.15) is 19.0 Å². The maximum atomic E-state index is 14.8. The van der Waals surface area contributed by atoms with E-state index < -0.39 is 30.0 Å². The maximum absolute atomic E-state index is 14.8. The predicted molar refractivity (Wildman–Crippen MR) is 93.2 cm³/mol. The van der Waals surface area contributed by atoms with Crippen molar-refractivity contribution in [2.45, 2.75) is 44.7 Å². The Morgan fingerprint density at radius 1 is 1.31 bits per heavy atom. The van der Waals surface area contributed by atoms with Crippen molar-refractivity contribution >= 4 is 11.8 Å². The van der Waals surface area contributed by atoms with Crippen LogP contribution in [0.3, 0.4) is 0 Å². The number of rotatable bonds is 3. The molecule has 158 valence electrons. The molecule has 1 saturated heterocycles. The first-order valence-electron chi connectivity index (χ1n) is 9.14. The van der Waals surface area contributed by atoms with Gasteiger partial charge < -0.3 is 19.1 Å². The maximum Gasteiger partial charge on any atom is 0.408 e. The number of aromatic nitrogens is 3. The van der Waals surface area contributed by atoms with E-state index in [4.69, 9.17) is 9.26 Å². The first kappa shape index (κ1) is 19.7. The van der Waals surface area contributed by atoms with Gasteiger partial charge in [0.2, 0.25) is 11.8 Å². The second-order valence-electron chi connectivity index (χ2n) is 7.09. The Morgan fingerprint density at radius 2 is 2.10 bits per heavy atom. The van der Waals surface area contributed by atoms with Gasteiger partial charge in [0.25, 0.3) is 5.56 Å². The van der Waals surface area contributed by atoms with E-state index >= 15 is 0 Å². The average molecular weight is 417 g/mol. The van der Waals surface area contributed by atoms with Gasteiger partial charge in [-0.2, -0.15) is 22.5 Å². The summed E-state index contributed by atoms with van der Waals surface area (Å²) in [4.78, 5) is 19.3. The third-order valence-corrected chi connectivity index (χ3v) is 5.18. The molecule has 0 N–H and O–H groups in total. The van der Waals surface area contributed by atoms with Gasteiger partial charge in [0.1, 0.15) is 18.0 Å². The molecule has 12 heteroatoms. The summed E-state index contributed by atoms with van der Waals surface area (Å²) in [7, 11) is 0. The smallest absolute Gasteiger partial charge is 0.377 e. The highest BCUT2D eigenvalue weighted by molar-refractivity contribution is 5.49.